The van der Waals surface area contributed by atoms with Crippen molar-refractivity contribution >= 4 is 17.6 Å². The summed E-state index contributed by atoms with van der Waals surface area (Å²) in [5.74, 6) is 0.980. The van der Waals surface area contributed by atoms with E-state index in [0.29, 0.717) is 23.5 Å². The Hall–Kier alpha value is -2.82. The zero-order chi connectivity index (χ0) is 14.7. The lowest BCUT2D eigenvalue weighted by atomic mass is 10.0. The zero-order valence-corrected chi connectivity index (χ0v) is 11.5. The lowest BCUT2D eigenvalue weighted by Crippen LogP contribution is -2.39. The van der Waals surface area contributed by atoms with Crippen LogP contribution in [0, 0.1) is 11.3 Å². The SMILES string of the molecule is N#Cc1cnccc1NC1CCN(c2n[nH]c(N)n2)CC1. The van der Waals surface area contributed by atoms with E-state index in [1.807, 2.05) is 6.07 Å². The third-order valence-electron chi connectivity index (χ3n) is 3.57. The molecule has 21 heavy (non-hydrogen) atoms. The van der Waals surface area contributed by atoms with Gasteiger partial charge in [0.2, 0.25) is 11.9 Å². The van der Waals surface area contributed by atoms with Crippen molar-refractivity contribution in [1.29, 1.82) is 5.26 Å². The summed E-state index contributed by atoms with van der Waals surface area (Å²) in [6, 6.07) is 4.31. The average molecular weight is 284 g/mol. The number of nitrogens with one attached hydrogen (secondary N) is 2. The van der Waals surface area contributed by atoms with E-state index in [1.165, 1.54) is 0 Å². The van der Waals surface area contributed by atoms with Gasteiger partial charge in [-0.25, -0.2) is 5.10 Å². The molecule has 0 atom stereocenters. The highest BCUT2D eigenvalue weighted by Gasteiger charge is 2.22. The lowest BCUT2D eigenvalue weighted by molar-refractivity contribution is 0.520. The molecule has 0 aliphatic carbocycles. The van der Waals surface area contributed by atoms with Gasteiger partial charge < -0.3 is 16.0 Å². The number of hydrogen-bond acceptors (Lipinski definition) is 7. The van der Waals surface area contributed by atoms with Crippen molar-refractivity contribution in [3.05, 3.63) is 24.0 Å². The Labute approximate surface area is 122 Å². The average Bonchev–Trinajstić information content (AvgIpc) is 2.95. The van der Waals surface area contributed by atoms with Crippen LogP contribution >= 0.6 is 0 Å². The molecular weight excluding hydrogens is 268 g/mol. The van der Waals surface area contributed by atoms with Gasteiger partial charge in [-0.3, -0.25) is 4.98 Å². The number of nitrogen functional groups attached to an aromatic ring is 1. The summed E-state index contributed by atoms with van der Waals surface area (Å²) in [6.07, 6.45) is 5.16. The Kier molecular flexibility index (Phi) is 3.55. The Bertz CT molecular complexity index is 650. The minimum Gasteiger partial charge on any atom is -0.381 e. The summed E-state index contributed by atoms with van der Waals surface area (Å²) in [5.41, 5.74) is 6.95. The van der Waals surface area contributed by atoms with Crippen molar-refractivity contribution in [2.24, 2.45) is 0 Å². The van der Waals surface area contributed by atoms with E-state index in [9.17, 15) is 0 Å². The van der Waals surface area contributed by atoms with E-state index in [-0.39, 0.29) is 0 Å². The smallest absolute Gasteiger partial charge is 0.246 e. The number of piperidine rings is 1. The van der Waals surface area contributed by atoms with Crippen LogP contribution in [0.15, 0.2) is 18.5 Å². The Morgan fingerprint density at radius 1 is 1.43 bits per heavy atom. The third kappa shape index (κ3) is 2.86. The minimum absolute atomic E-state index is 0.326. The summed E-state index contributed by atoms with van der Waals surface area (Å²) in [7, 11) is 0. The van der Waals surface area contributed by atoms with Gasteiger partial charge in [-0.2, -0.15) is 10.2 Å². The first-order valence-corrected chi connectivity index (χ1v) is 6.80. The molecule has 3 heterocycles. The fraction of sp³-hybridized carbons (Fsp3) is 0.385. The highest BCUT2D eigenvalue weighted by molar-refractivity contribution is 5.56. The van der Waals surface area contributed by atoms with Gasteiger partial charge in [-0.05, 0) is 18.9 Å². The highest BCUT2D eigenvalue weighted by atomic mass is 15.4. The number of anilines is 3. The molecule has 0 bridgehead atoms. The lowest BCUT2D eigenvalue weighted by Gasteiger charge is -2.32. The van der Waals surface area contributed by atoms with Gasteiger partial charge in [0.25, 0.3) is 0 Å². The van der Waals surface area contributed by atoms with Gasteiger partial charge in [0.15, 0.2) is 0 Å². The summed E-state index contributed by atoms with van der Waals surface area (Å²) in [6.45, 7) is 1.70. The quantitative estimate of drug-likeness (QED) is 0.760. The Morgan fingerprint density at radius 2 is 2.24 bits per heavy atom. The van der Waals surface area contributed by atoms with Crippen LogP contribution in [0.1, 0.15) is 18.4 Å². The first-order valence-electron chi connectivity index (χ1n) is 6.80. The predicted octanol–water partition coefficient (Wildman–Crippen LogP) is 0.734. The van der Waals surface area contributed by atoms with Gasteiger partial charge in [0, 0.05) is 31.5 Å². The zero-order valence-electron chi connectivity index (χ0n) is 11.5. The molecule has 108 valence electrons. The van der Waals surface area contributed by atoms with Crippen molar-refractivity contribution in [3.63, 3.8) is 0 Å². The molecule has 1 saturated heterocycles. The summed E-state index contributed by atoms with van der Waals surface area (Å²) in [5, 5.41) is 19.2. The van der Waals surface area contributed by atoms with Crippen molar-refractivity contribution in [1.82, 2.24) is 20.2 Å². The molecule has 1 fully saturated rings. The van der Waals surface area contributed by atoms with E-state index in [1.54, 1.807) is 12.4 Å². The summed E-state index contributed by atoms with van der Waals surface area (Å²) < 4.78 is 0. The van der Waals surface area contributed by atoms with Crippen LogP contribution in [-0.4, -0.2) is 39.3 Å². The van der Waals surface area contributed by atoms with Crippen molar-refractivity contribution in [3.8, 4) is 6.07 Å². The monoisotopic (exact) mass is 284 g/mol. The van der Waals surface area contributed by atoms with Crippen molar-refractivity contribution in [2.75, 3.05) is 29.0 Å². The van der Waals surface area contributed by atoms with E-state index >= 15 is 0 Å². The van der Waals surface area contributed by atoms with Gasteiger partial charge in [-0.15, -0.1) is 5.10 Å². The van der Waals surface area contributed by atoms with Gasteiger partial charge in [0.1, 0.15) is 6.07 Å². The molecular formula is C13H16N8. The second-order valence-corrected chi connectivity index (χ2v) is 4.96. The van der Waals surface area contributed by atoms with Gasteiger partial charge in [0.05, 0.1) is 11.3 Å². The second kappa shape index (κ2) is 5.66. The molecule has 8 nitrogen and oxygen atoms in total. The normalized spacial score (nSPS) is 15.7. The largest absolute Gasteiger partial charge is 0.381 e. The molecule has 0 unspecified atom stereocenters. The molecule has 1 aliphatic rings. The summed E-state index contributed by atoms with van der Waals surface area (Å²) >= 11 is 0. The van der Waals surface area contributed by atoms with E-state index < -0.39 is 0 Å². The van der Waals surface area contributed by atoms with E-state index in [4.69, 9.17) is 11.0 Å². The molecule has 4 N–H and O–H groups in total. The fourth-order valence-corrected chi connectivity index (χ4v) is 2.46. The molecule has 3 rings (SSSR count). The highest BCUT2D eigenvalue weighted by Crippen LogP contribution is 2.21. The second-order valence-electron chi connectivity index (χ2n) is 4.96. The molecule has 0 amide bonds. The maximum atomic E-state index is 9.07. The number of rotatable bonds is 3. The summed E-state index contributed by atoms with van der Waals surface area (Å²) in [4.78, 5) is 10.2. The molecule has 8 heteroatoms. The maximum absolute atomic E-state index is 9.07. The van der Waals surface area contributed by atoms with Crippen LogP contribution < -0.4 is 16.0 Å². The molecule has 2 aromatic rings. The molecule has 1 aliphatic heterocycles. The molecule has 0 aromatic carbocycles. The molecule has 2 aromatic heterocycles. The van der Waals surface area contributed by atoms with E-state index in [0.717, 1.165) is 31.6 Å². The first kappa shape index (κ1) is 13.2. The number of aromatic amines is 1. The van der Waals surface area contributed by atoms with E-state index in [2.05, 4.69) is 36.5 Å². The number of nitriles is 1. The number of aromatic nitrogens is 4. The molecule has 0 radical (unpaired) electrons. The van der Waals surface area contributed by atoms with Crippen LogP contribution in [-0.2, 0) is 0 Å². The van der Waals surface area contributed by atoms with Gasteiger partial charge in [-0.1, -0.05) is 0 Å². The predicted molar refractivity (Wildman–Crippen MR) is 78.6 cm³/mol. The topological polar surface area (TPSA) is 120 Å². The Balaban J connectivity index is 1.60. The molecule has 0 spiro atoms. The number of hydrogen-bond donors (Lipinski definition) is 3. The third-order valence-corrected chi connectivity index (χ3v) is 3.57. The standard InChI is InChI=1S/C13H16N8/c14-7-9-8-16-4-1-11(9)17-10-2-5-21(6-3-10)13-18-12(15)19-20-13/h1,4,8,10H,2-3,5-6H2,(H,16,17)(H3,15,18,19,20). The number of nitrogens with zero attached hydrogens (tertiary/aromatic N) is 5. The van der Waals surface area contributed by atoms with Crippen molar-refractivity contribution < 1.29 is 0 Å². The van der Waals surface area contributed by atoms with Crippen LogP contribution in [0.3, 0.4) is 0 Å². The van der Waals surface area contributed by atoms with Crippen molar-refractivity contribution in [2.45, 2.75) is 18.9 Å². The fourth-order valence-electron chi connectivity index (χ4n) is 2.46. The maximum Gasteiger partial charge on any atom is 0.246 e. The number of H-pyrrole nitrogens is 1. The number of pyridine rings is 1. The van der Waals surface area contributed by atoms with Crippen LogP contribution in [0.5, 0.6) is 0 Å². The Morgan fingerprint density at radius 3 is 2.90 bits per heavy atom. The van der Waals surface area contributed by atoms with Crippen LogP contribution in [0.4, 0.5) is 17.6 Å². The molecule has 0 saturated carbocycles. The minimum atomic E-state index is 0.326. The number of nitrogens with two attached hydrogens (primary N) is 1. The van der Waals surface area contributed by atoms with Crippen LogP contribution in [0.25, 0.3) is 0 Å². The first-order chi connectivity index (χ1) is 10.3. The van der Waals surface area contributed by atoms with Crippen LogP contribution in [0.2, 0.25) is 0 Å². The van der Waals surface area contributed by atoms with Gasteiger partial charge >= 0.3 is 0 Å².